The van der Waals surface area contributed by atoms with Crippen molar-refractivity contribution in [1.29, 1.82) is 0 Å². The van der Waals surface area contributed by atoms with E-state index in [0.29, 0.717) is 48.3 Å². The number of hydrogen-bond donors (Lipinski definition) is 1. The van der Waals surface area contributed by atoms with Crippen molar-refractivity contribution in [3.05, 3.63) is 82.7 Å². The molecule has 5 rings (SSSR count). The summed E-state index contributed by atoms with van der Waals surface area (Å²) < 4.78 is 22.7. The Hall–Kier alpha value is -4.00. The van der Waals surface area contributed by atoms with Crippen LogP contribution in [0.25, 0.3) is 10.8 Å². The van der Waals surface area contributed by atoms with Crippen LogP contribution in [-0.4, -0.2) is 24.3 Å². The molecule has 1 aliphatic heterocycles. The number of fused-ring (bicyclic) bond motifs is 2. The zero-order valence-corrected chi connectivity index (χ0v) is 18.5. The third kappa shape index (κ3) is 4.22. The summed E-state index contributed by atoms with van der Waals surface area (Å²) in [7, 11) is 0. The molecular weight excluding hydrogens is 420 g/mol. The number of rotatable bonds is 6. The highest BCUT2D eigenvalue weighted by Gasteiger charge is 2.19. The van der Waals surface area contributed by atoms with E-state index < -0.39 is 0 Å². The second-order valence-electron chi connectivity index (χ2n) is 7.91. The molecule has 0 saturated carbocycles. The molecule has 1 aliphatic rings. The van der Waals surface area contributed by atoms with Crippen LogP contribution in [0.3, 0.4) is 0 Å². The van der Waals surface area contributed by atoms with Gasteiger partial charge in [0, 0.05) is 12.1 Å². The van der Waals surface area contributed by atoms with Gasteiger partial charge in [-0.3, -0.25) is 4.79 Å². The molecule has 33 heavy (non-hydrogen) atoms. The van der Waals surface area contributed by atoms with Gasteiger partial charge >= 0.3 is 0 Å². The van der Waals surface area contributed by atoms with Crippen LogP contribution in [0.1, 0.15) is 32.9 Å². The largest absolute Gasteiger partial charge is 0.488 e. The Morgan fingerprint density at radius 1 is 1.03 bits per heavy atom. The van der Waals surface area contributed by atoms with Crippen LogP contribution in [0, 0.1) is 13.8 Å². The number of nitrogens with one attached hydrogen (secondary N) is 1. The number of hydrogen-bond acceptors (Lipinski definition) is 6. The first kappa shape index (κ1) is 20.9. The van der Waals surface area contributed by atoms with E-state index in [0.717, 1.165) is 27.6 Å². The van der Waals surface area contributed by atoms with E-state index in [1.54, 1.807) is 0 Å². The first-order valence-electron chi connectivity index (χ1n) is 10.8. The summed E-state index contributed by atoms with van der Waals surface area (Å²) >= 11 is 0. The second-order valence-corrected chi connectivity index (χ2v) is 7.91. The third-order valence-electron chi connectivity index (χ3n) is 5.73. The number of carbonyl (C=O) groups is 1. The SMILES string of the molecule is Cc1noc(C)c1COc1cc2ccccc2cc1C(=O)NCc1cccc2c1OCCO2. The number of para-hydroxylation sites is 1. The highest BCUT2D eigenvalue weighted by atomic mass is 16.6. The Morgan fingerprint density at radius 3 is 2.61 bits per heavy atom. The van der Waals surface area contributed by atoms with Crippen molar-refractivity contribution in [2.24, 2.45) is 0 Å². The number of amides is 1. The van der Waals surface area contributed by atoms with Crippen molar-refractivity contribution >= 4 is 16.7 Å². The molecule has 0 radical (unpaired) electrons. The van der Waals surface area contributed by atoms with E-state index in [1.807, 2.05) is 68.4 Å². The summed E-state index contributed by atoms with van der Waals surface area (Å²) in [5.74, 6) is 2.35. The number of carbonyl (C=O) groups excluding carboxylic acids is 1. The first-order valence-corrected chi connectivity index (χ1v) is 10.8. The van der Waals surface area contributed by atoms with Crippen LogP contribution < -0.4 is 19.5 Å². The quantitative estimate of drug-likeness (QED) is 0.463. The van der Waals surface area contributed by atoms with E-state index in [-0.39, 0.29) is 12.5 Å². The Morgan fingerprint density at radius 2 is 1.82 bits per heavy atom. The van der Waals surface area contributed by atoms with E-state index in [1.165, 1.54) is 0 Å². The molecule has 1 aromatic heterocycles. The topological polar surface area (TPSA) is 82.8 Å². The van der Waals surface area contributed by atoms with E-state index in [4.69, 9.17) is 18.7 Å². The Balaban J connectivity index is 1.41. The summed E-state index contributed by atoms with van der Waals surface area (Å²) in [5.41, 5.74) is 2.97. The Bertz CT molecular complexity index is 1310. The molecule has 0 spiro atoms. The molecule has 0 bridgehead atoms. The van der Waals surface area contributed by atoms with Gasteiger partial charge in [0.25, 0.3) is 5.91 Å². The van der Waals surface area contributed by atoms with Gasteiger partial charge in [0.1, 0.15) is 31.3 Å². The van der Waals surface area contributed by atoms with Gasteiger partial charge in [-0.1, -0.05) is 41.6 Å². The standard InChI is InChI=1S/C26H24N2O5/c1-16-22(17(2)33-28-16)15-32-24-13-19-7-4-3-6-18(19)12-21(24)26(29)27-14-20-8-5-9-23-25(20)31-11-10-30-23/h3-9,12-13H,10-11,14-15H2,1-2H3,(H,27,29). The second kappa shape index (κ2) is 8.86. The first-order chi connectivity index (χ1) is 16.1. The normalized spacial score (nSPS) is 12.5. The zero-order chi connectivity index (χ0) is 22.8. The van der Waals surface area contributed by atoms with Crippen LogP contribution >= 0.6 is 0 Å². The van der Waals surface area contributed by atoms with Crippen molar-refractivity contribution in [1.82, 2.24) is 10.5 Å². The van der Waals surface area contributed by atoms with E-state index in [2.05, 4.69) is 10.5 Å². The predicted octanol–water partition coefficient (Wildman–Crippen LogP) is 4.72. The molecular formula is C26H24N2O5. The van der Waals surface area contributed by atoms with Crippen LogP contribution in [-0.2, 0) is 13.2 Å². The van der Waals surface area contributed by atoms with Crippen molar-refractivity contribution in [3.8, 4) is 17.2 Å². The molecule has 0 atom stereocenters. The van der Waals surface area contributed by atoms with Crippen LogP contribution in [0.4, 0.5) is 0 Å². The van der Waals surface area contributed by atoms with Crippen molar-refractivity contribution in [3.63, 3.8) is 0 Å². The van der Waals surface area contributed by atoms with E-state index in [9.17, 15) is 4.79 Å². The molecule has 0 aliphatic carbocycles. The van der Waals surface area contributed by atoms with Crippen molar-refractivity contribution in [2.45, 2.75) is 27.0 Å². The molecule has 7 heteroatoms. The fourth-order valence-corrected chi connectivity index (χ4v) is 3.92. The van der Waals surface area contributed by atoms with Gasteiger partial charge in [0.15, 0.2) is 11.5 Å². The van der Waals surface area contributed by atoms with E-state index >= 15 is 0 Å². The molecule has 7 nitrogen and oxygen atoms in total. The molecule has 168 valence electrons. The zero-order valence-electron chi connectivity index (χ0n) is 18.5. The van der Waals surface area contributed by atoms with Gasteiger partial charge in [0.2, 0.25) is 0 Å². The van der Waals surface area contributed by atoms with Gasteiger partial charge in [-0.25, -0.2) is 0 Å². The molecule has 1 N–H and O–H groups in total. The lowest BCUT2D eigenvalue weighted by molar-refractivity contribution is 0.0945. The van der Waals surface area contributed by atoms with Crippen LogP contribution in [0.15, 0.2) is 59.1 Å². The highest BCUT2D eigenvalue weighted by Crippen LogP contribution is 2.34. The maximum absolute atomic E-state index is 13.3. The molecule has 2 heterocycles. The summed E-state index contributed by atoms with van der Waals surface area (Å²) in [4.78, 5) is 13.3. The fourth-order valence-electron chi connectivity index (χ4n) is 3.92. The summed E-state index contributed by atoms with van der Waals surface area (Å²) in [6, 6.07) is 17.3. The minimum Gasteiger partial charge on any atom is -0.488 e. The molecule has 0 fully saturated rings. The molecule has 3 aromatic carbocycles. The highest BCUT2D eigenvalue weighted by molar-refractivity contribution is 6.01. The minimum absolute atomic E-state index is 0.233. The Labute approximate surface area is 191 Å². The average molecular weight is 444 g/mol. The van der Waals surface area contributed by atoms with Gasteiger partial charge in [-0.05, 0) is 42.8 Å². The summed E-state index contributed by atoms with van der Waals surface area (Å²) in [6.07, 6.45) is 0. The average Bonchev–Trinajstić information content (AvgIpc) is 3.17. The molecule has 0 unspecified atom stereocenters. The number of nitrogens with zero attached hydrogens (tertiary/aromatic N) is 1. The van der Waals surface area contributed by atoms with Gasteiger partial charge in [-0.2, -0.15) is 0 Å². The van der Waals surface area contributed by atoms with Crippen molar-refractivity contribution < 1.29 is 23.5 Å². The van der Waals surface area contributed by atoms with Crippen molar-refractivity contribution in [2.75, 3.05) is 13.2 Å². The van der Waals surface area contributed by atoms with Gasteiger partial charge < -0.3 is 24.1 Å². The Kier molecular flexibility index (Phi) is 5.60. The number of ether oxygens (including phenoxy) is 3. The van der Waals surface area contributed by atoms with Gasteiger partial charge in [0.05, 0.1) is 16.8 Å². The van der Waals surface area contributed by atoms with Crippen LogP contribution in [0.2, 0.25) is 0 Å². The third-order valence-corrected chi connectivity index (χ3v) is 5.73. The maximum atomic E-state index is 13.3. The number of aryl methyl sites for hydroxylation is 2. The lowest BCUT2D eigenvalue weighted by Gasteiger charge is -2.21. The smallest absolute Gasteiger partial charge is 0.255 e. The summed E-state index contributed by atoms with van der Waals surface area (Å²) in [6.45, 7) is 5.29. The monoisotopic (exact) mass is 444 g/mol. The van der Waals surface area contributed by atoms with Crippen LogP contribution in [0.5, 0.6) is 17.2 Å². The molecule has 1 amide bonds. The maximum Gasteiger partial charge on any atom is 0.255 e. The van der Waals surface area contributed by atoms with Gasteiger partial charge in [-0.15, -0.1) is 0 Å². The lowest BCUT2D eigenvalue weighted by atomic mass is 10.0. The number of benzene rings is 3. The molecule has 0 saturated heterocycles. The summed E-state index contributed by atoms with van der Waals surface area (Å²) in [5, 5.41) is 8.93. The number of aromatic nitrogens is 1. The minimum atomic E-state index is -0.233. The predicted molar refractivity (Wildman–Crippen MR) is 123 cm³/mol. The fraction of sp³-hybridized carbons (Fsp3) is 0.231. The lowest BCUT2D eigenvalue weighted by Crippen LogP contribution is -2.25. The molecule has 4 aromatic rings.